The minimum absolute atomic E-state index is 0.109. The molecule has 2 fully saturated rings. The maximum absolute atomic E-state index is 12.3. The SMILES string of the molecule is Cc1c(Cl)cccc1N=C1NC(=O)/C(=C\c2ccn(C3CCCC3)c2)S1. The van der Waals surface area contributed by atoms with Crippen LogP contribution < -0.4 is 5.32 Å². The molecule has 0 unspecified atom stereocenters. The summed E-state index contributed by atoms with van der Waals surface area (Å²) in [7, 11) is 0. The number of thioether (sulfide) groups is 1. The molecule has 1 N–H and O–H groups in total. The van der Waals surface area contributed by atoms with Crippen molar-refractivity contribution in [2.45, 2.75) is 38.6 Å². The lowest BCUT2D eigenvalue weighted by molar-refractivity contribution is -0.115. The van der Waals surface area contributed by atoms with Gasteiger partial charge in [-0.3, -0.25) is 4.79 Å². The van der Waals surface area contributed by atoms with E-state index >= 15 is 0 Å². The summed E-state index contributed by atoms with van der Waals surface area (Å²) in [5.74, 6) is -0.109. The van der Waals surface area contributed by atoms with Crippen LogP contribution in [0.5, 0.6) is 0 Å². The molecule has 1 aromatic carbocycles. The topological polar surface area (TPSA) is 46.4 Å². The number of nitrogens with one attached hydrogen (secondary N) is 1. The number of aliphatic imine (C=N–C) groups is 1. The molecule has 1 aromatic heterocycles. The Morgan fingerprint density at radius 3 is 2.92 bits per heavy atom. The molecule has 0 bridgehead atoms. The van der Waals surface area contributed by atoms with Gasteiger partial charge in [-0.25, -0.2) is 4.99 Å². The number of amides is 1. The molecular weight excluding hydrogens is 366 g/mol. The van der Waals surface area contributed by atoms with Gasteiger partial charge in [-0.2, -0.15) is 0 Å². The number of nitrogens with zero attached hydrogens (tertiary/aromatic N) is 2. The van der Waals surface area contributed by atoms with Gasteiger partial charge in [-0.05, 0) is 66.9 Å². The van der Waals surface area contributed by atoms with E-state index in [1.807, 2.05) is 31.2 Å². The van der Waals surface area contributed by atoms with Crippen molar-refractivity contribution in [2.24, 2.45) is 4.99 Å². The number of aromatic nitrogens is 1. The predicted molar refractivity (Wildman–Crippen MR) is 109 cm³/mol. The van der Waals surface area contributed by atoms with Gasteiger partial charge in [0.1, 0.15) is 0 Å². The zero-order valence-corrected chi connectivity index (χ0v) is 16.1. The van der Waals surface area contributed by atoms with Crippen LogP contribution >= 0.6 is 23.4 Å². The summed E-state index contributed by atoms with van der Waals surface area (Å²) < 4.78 is 2.28. The summed E-state index contributed by atoms with van der Waals surface area (Å²) >= 11 is 7.51. The second kappa shape index (κ2) is 7.33. The number of benzene rings is 1. The van der Waals surface area contributed by atoms with Gasteiger partial charge in [0.05, 0.1) is 10.6 Å². The largest absolute Gasteiger partial charge is 0.351 e. The average molecular weight is 386 g/mol. The van der Waals surface area contributed by atoms with Crippen molar-refractivity contribution in [3.05, 3.63) is 57.7 Å². The van der Waals surface area contributed by atoms with Gasteiger partial charge in [0.2, 0.25) is 0 Å². The molecule has 134 valence electrons. The van der Waals surface area contributed by atoms with Gasteiger partial charge in [-0.1, -0.05) is 30.5 Å². The molecule has 0 atom stereocenters. The maximum atomic E-state index is 12.3. The first-order valence-corrected chi connectivity index (χ1v) is 10.0. The minimum Gasteiger partial charge on any atom is -0.351 e. The highest BCUT2D eigenvalue weighted by Gasteiger charge is 2.24. The number of halogens is 1. The Bertz CT molecular complexity index is 910. The first-order chi connectivity index (χ1) is 12.6. The summed E-state index contributed by atoms with van der Waals surface area (Å²) in [5, 5.41) is 4.09. The molecule has 2 heterocycles. The summed E-state index contributed by atoms with van der Waals surface area (Å²) in [5.41, 5.74) is 2.73. The molecule has 1 aliphatic carbocycles. The standard InChI is InChI=1S/C20H20ClN3OS/c1-13-16(21)7-4-8-17(13)22-20-23-19(25)18(26-20)11-14-9-10-24(12-14)15-5-2-3-6-15/h4,7-12,15H,2-3,5-6H2,1H3,(H,22,23,25)/b18-11+. The molecular formula is C20H20ClN3OS. The van der Waals surface area contributed by atoms with Gasteiger partial charge in [0, 0.05) is 23.5 Å². The van der Waals surface area contributed by atoms with E-state index in [-0.39, 0.29) is 5.91 Å². The first-order valence-electron chi connectivity index (χ1n) is 8.82. The van der Waals surface area contributed by atoms with Crippen LogP contribution in [0.3, 0.4) is 0 Å². The predicted octanol–water partition coefficient (Wildman–Crippen LogP) is 5.46. The Balaban J connectivity index is 1.53. The van der Waals surface area contributed by atoms with Crippen molar-refractivity contribution in [2.75, 3.05) is 0 Å². The molecule has 1 saturated carbocycles. The molecule has 4 rings (SSSR count). The first kappa shape index (κ1) is 17.4. The summed E-state index contributed by atoms with van der Waals surface area (Å²) in [6.45, 7) is 1.92. The quantitative estimate of drug-likeness (QED) is 0.713. The Labute approximate surface area is 162 Å². The van der Waals surface area contributed by atoms with Crippen molar-refractivity contribution in [1.82, 2.24) is 9.88 Å². The second-order valence-electron chi connectivity index (χ2n) is 6.70. The fourth-order valence-electron chi connectivity index (χ4n) is 3.40. The van der Waals surface area contributed by atoms with Crippen LogP contribution in [0.15, 0.2) is 46.6 Å². The fourth-order valence-corrected chi connectivity index (χ4v) is 4.41. The van der Waals surface area contributed by atoms with Gasteiger partial charge in [-0.15, -0.1) is 0 Å². The molecule has 2 aliphatic rings. The van der Waals surface area contributed by atoms with Gasteiger partial charge in [0.15, 0.2) is 5.17 Å². The normalized spacial score (nSPS) is 21.1. The van der Waals surface area contributed by atoms with E-state index in [1.54, 1.807) is 0 Å². The third-order valence-electron chi connectivity index (χ3n) is 4.89. The lowest BCUT2D eigenvalue weighted by Gasteiger charge is -2.10. The number of rotatable bonds is 3. The van der Waals surface area contributed by atoms with Crippen LogP contribution in [0.25, 0.3) is 6.08 Å². The van der Waals surface area contributed by atoms with Crippen molar-refractivity contribution < 1.29 is 4.79 Å². The van der Waals surface area contributed by atoms with Crippen molar-refractivity contribution in [1.29, 1.82) is 0 Å². The molecule has 0 radical (unpaired) electrons. The smallest absolute Gasteiger partial charge is 0.264 e. The molecule has 1 saturated heterocycles. The van der Waals surface area contributed by atoms with E-state index in [0.29, 0.717) is 21.1 Å². The molecule has 0 spiro atoms. The molecule has 26 heavy (non-hydrogen) atoms. The van der Waals surface area contributed by atoms with E-state index in [4.69, 9.17) is 11.6 Å². The second-order valence-corrected chi connectivity index (χ2v) is 8.13. The Morgan fingerprint density at radius 2 is 2.12 bits per heavy atom. The molecule has 2 aromatic rings. The third kappa shape index (κ3) is 3.60. The summed E-state index contributed by atoms with van der Waals surface area (Å²) in [4.78, 5) is 17.5. The van der Waals surface area contributed by atoms with Crippen LogP contribution in [-0.4, -0.2) is 15.6 Å². The molecule has 4 nitrogen and oxygen atoms in total. The zero-order valence-electron chi connectivity index (χ0n) is 14.5. The lowest BCUT2D eigenvalue weighted by Crippen LogP contribution is -2.19. The molecule has 6 heteroatoms. The van der Waals surface area contributed by atoms with Crippen molar-refractivity contribution in [3.63, 3.8) is 0 Å². The van der Waals surface area contributed by atoms with Crippen molar-refractivity contribution >= 4 is 46.2 Å². The summed E-state index contributed by atoms with van der Waals surface area (Å²) in [6, 6.07) is 8.26. The van der Waals surface area contributed by atoms with E-state index in [2.05, 4.69) is 33.3 Å². The van der Waals surface area contributed by atoms with Crippen molar-refractivity contribution in [3.8, 4) is 0 Å². The van der Waals surface area contributed by atoms with E-state index < -0.39 is 0 Å². The third-order valence-corrected chi connectivity index (χ3v) is 6.21. The number of hydrogen-bond acceptors (Lipinski definition) is 3. The number of carbonyl (C=O) groups excluding carboxylic acids is 1. The van der Waals surface area contributed by atoms with Gasteiger partial charge >= 0.3 is 0 Å². The number of carbonyl (C=O) groups is 1. The average Bonchev–Trinajstić information content (AvgIpc) is 3.34. The zero-order chi connectivity index (χ0) is 18.1. The Morgan fingerprint density at radius 1 is 1.31 bits per heavy atom. The lowest BCUT2D eigenvalue weighted by atomic mass is 10.2. The Hall–Kier alpha value is -1.98. The highest BCUT2D eigenvalue weighted by Crippen LogP contribution is 2.32. The highest BCUT2D eigenvalue weighted by atomic mass is 35.5. The molecule has 1 amide bonds. The van der Waals surface area contributed by atoms with E-state index in [9.17, 15) is 4.79 Å². The molecule has 1 aliphatic heterocycles. The van der Waals surface area contributed by atoms with E-state index in [0.717, 1.165) is 16.8 Å². The highest BCUT2D eigenvalue weighted by molar-refractivity contribution is 8.18. The van der Waals surface area contributed by atoms with Crippen LogP contribution in [0, 0.1) is 6.92 Å². The number of amidine groups is 1. The van der Waals surface area contributed by atoms with Crippen LogP contribution in [0.1, 0.15) is 42.9 Å². The van der Waals surface area contributed by atoms with Crippen LogP contribution in [0.4, 0.5) is 5.69 Å². The Kier molecular flexibility index (Phi) is 4.92. The number of hydrogen-bond donors (Lipinski definition) is 1. The fraction of sp³-hybridized carbons (Fsp3) is 0.300. The van der Waals surface area contributed by atoms with Gasteiger partial charge in [0.25, 0.3) is 5.91 Å². The van der Waals surface area contributed by atoms with Crippen LogP contribution in [-0.2, 0) is 4.79 Å². The summed E-state index contributed by atoms with van der Waals surface area (Å²) in [6.07, 6.45) is 11.3. The monoisotopic (exact) mass is 385 g/mol. The van der Waals surface area contributed by atoms with E-state index in [1.165, 1.54) is 37.4 Å². The van der Waals surface area contributed by atoms with Gasteiger partial charge < -0.3 is 9.88 Å². The van der Waals surface area contributed by atoms with Crippen LogP contribution in [0.2, 0.25) is 5.02 Å². The maximum Gasteiger partial charge on any atom is 0.264 e. The minimum atomic E-state index is -0.109.